The van der Waals surface area contributed by atoms with Gasteiger partial charge in [-0.15, -0.1) is 4.91 Å². The van der Waals surface area contributed by atoms with Crippen LogP contribution < -0.4 is 0 Å². The van der Waals surface area contributed by atoms with Crippen molar-refractivity contribution in [1.82, 2.24) is 4.90 Å². The normalized spacial score (nSPS) is 15.1. The van der Waals surface area contributed by atoms with Gasteiger partial charge in [0, 0.05) is 18.5 Å². The van der Waals surface area contributed by atoms with E-state index in [1.54, 1.807) is 29.2 Å². The van der Waals surface area contributed by atoms with Crippen molar-refractivity contribution in [1.29, 1.82) is 0 Å². The van der Waals surface area contributed by atoms with Crippen LogP contribution in [0.5, 0.6) is 5.75 Å². The van der Waals surface area contributed by atoms with Crippen LogP contribution in [0.15, 0.2) is 35.5 Å². The van der Waals surface area contributed by atoms with E-state index in [0.717, 1.165) is 24.6 Å². The zero-order valence-corrected chi connectivity index (χ0v) is 11.6. The van der Waals surface area contributed by atoms with Crippen LogP contribution in [-0.2, 0) is 0 Å². The minimum absolute atomic E-state index is 0.0616. The number of phenols is 1. The van der Waals surface area contributed by atoms with Gasteiger partial charge >= 0.3 is 0 Å². The summed E-state index contributed by atoms with van der Waals surface area (Å²) < 4.78 is 0. The standard InChI is InChI=1S/C16H16N2O3/c19-15-13(16(20)18-8-4-1-5-9-18)10-11-6-2-3-7-12(11)14(15)17-21/h2-3,6-7,10,19H,1,4-5,8-9H2. The molecule has 2 aromatic carbocycles. The van der Waals surface area contributed by atoms with Gasteiger partial charge in [-0.25, -0.2) is 0 Å². The number of fused-ring (bicyclic) bond motifs is 1. The van der Waals surface area contributed by atoms with Crippen LogP contribution in [0.4, 0.5) is 5.69 Å². The highest BCUT2D eigenvalue weighted by Gasteiger charge is 2.24. The first kappa shape index (κ1) is 13.5. The number of piperidine rings is 1. The van der Waals surface area contributed by atoms with Crippen molar-refractivity contribution in [2.45, 2.75) is 19.3 Å². The quantitative estimate of drug-likeness (QED) is 0.857. The van der Waals surface area contributed by atoms with Crippen molar-refractivity contribution < 1.29 is 9.90 Å². The Morgan fingerprint density at radius 2 is 1.86 bits per heavy atom. The Morgan fingerprint density at radius 3 is 2.57 bits per heavy atom. The highest BCUT2D eigenvalue weighted by atomic mass is 16.3. The summed E-state index contributed by atoms with van der Waals surface area (Å²) in [5.74, 6) is -0.554. The number of nitroso groups, excluding NO2 is 1. The predicted octanol–water partition coefficient (Wildman–Crippen LogP) is 3.57. The summed E-state index contributed by atoms with van der Waals surface area (Å²) >= 11 is 0. The van der Waals surface area contributed by atoms with Crippen molar-refractivity contribution in [3.63, 3.8) is 0 Å². The minimum Gasteiger partial charge on any atom is -0.505 e. The van der Waals surface area contributed by atoms with Gasteiger partial charge in [0.1, 0.15) is 0 Å². The Labute approximate surface area is 122 Å². The lowest BCUT2D eigenvalue weighted by Crippen LogP contribution is -2.35. The first-order valence-electron chi connectivity index (χ1n) is 7.09. The predicted molar refractivity (Wildman–Crippen MR) is 80.8 cm³/mol. The number of benzene rings is 2. The average Bonchev–Trinajstić information content (AvgIpc) is 2.54. The fraction of sp³-hybridized carbons (Fsp3) is 0.312. The molecule has 108 valence electrons. The molecule has 1 saturated heterocycles. The van der Waals surface area contributed by atoms with E-state index in [-0.39, 0.29) is 22.9 Å². The Hall–Kier alpha value is -2.43. The van der Waals surface area contributed by atoms with Crippen LogP contribution in [-0.4, -0.2) is 29.0 Å². The topological polar surface area (TPSA) is 70.0 Å². The number of carbonyl (C=O) groups is 1. The fourth-order valence-corrected chi connectivity index (χ4v) is 2.84. The monoisotopic (exact) mass is 284 g/mol. The number of hydrogen-bond acceptors (Lipinski definition) is 4. The molecule has 2 aromatic rings. The average molecular weight is 284 g/mol. The Morgan fingerprint density at radius 1 is 1.14 bits per heavy atom. The van der Waals surface area contributed by atoms with E-state index >= 15 is 0 Å². The van der Waals surface area contributed by atoms with Crippen molar-refractivity contribution in [2.75, 3.05) is 13.1 Å². The number of hydrogen-bond donors (Lipinski definition) is 1. The molecular formula is C16H16N2O3. The molecule has 0 bridgehead atoms. The zero-order valence-electron chi connectivity index (χ0n) is 11.6. The highest BCUT2D eigenvalue weighted by molar-refractivity contribution is 6.06. The van der Waals surface area contributed by atoms with Crippen LogP contribution in [0, 0.1) is 4.91 Å². The van der Waals surface area contributed by atoms with E-state index in [0.29, 0.717) is 18.5 Å². The number of aromatic hydroxyl groups is 1. The van der Waals surface area contributed by atoms with Crippen molar-refractivity contribution in [2.24, 2.45) is 5.18 Å². The largest absolute Gasteiger partial charge is 0.505 e. The molecule has 1 N–H and O–H groups in total. The maximum absolute atomic E-state index is 12.6. The molecular weight excluding hydrogens is 268 g/mol. The van der Waals surface area contributed by atoms with E-state index in [9.17, 15) is 14.8 Å². The lowest BCUT2D eigenvalue weighted by atomic mass is 10.0. The van der Waals surface area contributed by atoms with Crippen LogP contribution in [0.1, 0.15) is 29.6 Å². The molecule has 1 aliphatic rings. The summed E-state index contributed by atoms with van der Waals surface area (Å²) in [6.07, 6.45) is 3.06. The second-order valence-corrected chi connectivity index (χ2v) is 5.29. The van der Waals surface area contributed by atoms with Gasteiger partial charge in [-0.3, -0.25) is 4.79 Å². The number of amides is 1. The van der Waals surface area contributed by atoms with Gasteiger partial charge in [0.05, 0.1) is 5.56 Å². The van der Waals surface area contributed by atoms with Crippen LogP contribution in [0.25, 0.3) is 10.8 Å². The molecule has 3 rings (SSSR count). The van der Waals surface area contributed by atoms with E-state index in [1.165, 1.54) is 0 Å². The molecule has 0 radical (unpaired) electrons. The third-order valence-corrected chi connectivity index (χ3v) is 3.96. The molecule has 0 aromatic heterocycles. The number of nitrogens with zero attached hydrogens (tertiary/aromatic N) is 2. The van der Waals surface area contributed by atoms with Crippen LogP contribution in [0.2, 0.25) is 0 Å². The number of carbonyl (C=O) groups excluding carboxylic acids is 1. The van der Waals surface area contributed by atoms with Gasteiger partial charge < -0.3 is 10.0 Å². The molecule has 21 heavy (non-hydrogen) atoms. The van der Waals surface area contributed by atoms with Crippen LogP contribution in [0.3, 0.4) is 0 Å². The molecule has 0 aliphatic carbocycles. The third kappa shape index (κ3) is 2.35. The van der Waals surface area contributed by atoms with Crippen molar-refractivity contribution >= 4 is 22.4 Å². The molecule has 1 fully saturated rings. The summed E-state index contributed by atoms with van der Waals surface area (Å²) in [4.78, 5) is 25.3. The molecule has 1 heterocycles. The summed E-state index contributed by atoms with van der Waals surface area (Å²) in [6.45, 7) is 1.38. The first-order valence-corrected chi connectivity index (χ1v) is 7.09. The van der Waals surface area contributed by atoms with E-state index in [2.05, 4.69) is 5.18 Å². The third-order valence-electron chi connectivity index (χ3n) is 3.96. The summed E-state index contributed by atoms with van der Waals surface area (Å²) in [6, 6.07) is 8.74. The van der Waals surface area contributed by atoms with E-state index < -0.39 is 0 Å². The highest BCUT2D eigenvalue weighted by Crippen LogP contribution is 2.38. The van der Waals surface area contributed by atoms with Gasteiger partial charge in [-0.05, 0) is 35.9 Å². The maximum atomic E-state index is 12.6. The molecule has 0 unspecified atom stereocenters. The number of likely N-dealkylation sites (tertiary alicyclic amines) is 1. The molecule has 0 saturated carbocycles. The van der Waals surface area contributed by atoms with Crippen molar-refractivity contribution in [3.8, 4) is 5.75 Å². The second-order valence-electron chi connectivity index (χ2n) is 5.29. The van der Waals surface area contributed by atoms with E-state index in [1.807, 2.05) is 6.07 Å². The second kappa shape index (κ2) is 5.52. The Bertz CT molecular complexity index is 706. The minimum atomic E-state index is -0.320. The van der Waals surface area contributed by atoms with Crippen LogP contribution >= 0.6 is 0 Å². The Balaban J connectivity index is 2.11. The molecule has 5 nitrogen and oxygen atoms in total. The van der Waals surface area contributed by atoms with Gasteiger partial charge in [0.25, 0.3) is 5.91 Å². The summed E-state index contributed by atoms with van der Waals surface area (Å²) in [5, 5.41) is 14.4. The SMILES string of the molecule is O=Nc1c(O)c(C(=O)N2CCCCC2)cc2ccccc12. The molecule has 1 aliphatic heterocycles. The molecule has 0 spiro atoms. The maximum Gasteiger partial charge on any atom is 0.257 e. The van der Waals surface area contributed by atoms with Gasteiger partial charge in [0.2, 0.25) is 0 Å². The Kier molecular flexibility index (Phi) is 3.56. The molecule has 0 atom stereocenters. The van der Waals surface area contributed by atoms with E-state index in [4.69, 9.17) is 0 Å². The summed E-state index contributed by atoms with van der Waals surface area (Å²) in [7, 11) is 0. The molecule has 1 amide bonds. The lowest BCUT2D eigenvalue weighted by molar-refractivity contribution is 0.0721. The van der Waals surface area contributed by atoms with Crippen molar-refractivity contribution in [3.05, 3.63) is 40.8 Å². The zero-order chi connectivity index (χ0) is 14.8. The lowest BCUT2D eigenvalue weighted by Gasteiger charge is -2.27. The smallest absolute Gasteiger partial charge is 0.257 e. The van der Waals surface area contributed by atoms with Gasteiger partial charge in [0.15, 0.2) is 11.4 Å². The van der Waals surface area contributed by atoms with Gasteiger partial charge in [-0.2, -0.15) is 0 Å². The molecule has 5 heteroatoms. The number of rotatable bonds is 2. The summed E-state index contributed by atoms with van der Waals surface area (Å²) in [5.41, 5.74) is 0.0960. The van der Waals surface area contributed by atoms with Gasteiger partial charge in [-0.1, -0.05) is 24.3 Å². The number of phenolic OH excluding ortho intramolecular Hbond substituents is 1. The fourth-order valence-electron chi connectivity index (χ4n) is 2.84. The first-order chi connectivity index (χ1) is 10.2.